The van der Waals surface area contributed by atoms with Crippen LogP contribution < -0.4 is 24.9 Å². The highest BCUT2D eigenvalue weighted by atomic mass is 32.1. The summed E-state index contributed by atoms with van der Waals surface area (Å²) in [5.74, 6) is 0.219. The largest absolute Gasteiger partial charge is 0.497 e. The fraction of sp³-hybridized carbons (Fsp3) is 0.320. The molecule has 0 unspecified atom stereocenters. The summed E-state index contributed by atoms with van der Waals surface area (Å²) in [6.45, 7) is 3.40. The molecule has 0 bridgehead atoms. The van der Waals surface area contributed by atoms with Crippen LogP contribution in [0.4, 0.5) is 9.18 Å². The minimum absolute atomic E-state index is 0.221. The van der Waals surface area contributed by atoms with Crippen LogP contribution in [0.25, 0.3) is 0 Å². The van der Waals surface area contributed by atoms with E-state index >= 15 is 0 Å². The van der Waals surface area contributed by atoms with E-state index in [0.717, 1.165) is 11.3 Å². The molecule has 0 atom stereocenters. The third-order valence-electron chi connectivity index (χ3n) is 5.19. The molecule has 0 aliphatic heterocycles. The van der Waals surface area contributed by atoms with Crippen molar-refractivity contribution in [3.63, 3.8) is 0 Å². The minimum atomic E-state index is -0.436. The van der Waals surface area contributed by atoms with Gasteiger partial charge in [-0.05, 0) is 43.2 Å². The van der Waals surface area contributed by atoms with Crippen LogP contribution in [0.2, 0.25) is 0 Å². The van der Waals surface area contributed by atoms with Gasteiger partial charge >= 0.3 is 6.03 Å². The molecule has 35 heavy (non-hydrogen) atoms. The van der Waals surface area contributed by atoms with E-state index in [1.165, 1.54) is 30.6 Å². The van der Waals surface area contributed by atoms with Crippen molar-refractivity contribution in [3.05, 3.63) is 75.3 Å². The molecule has 0 radical (unpaired) electrons. The van der Waals surface area contributed by atoms with E-state index in [0.29, 0.717) is 54.3 Å². The molecule has 1 aromatic heterocycles. The molecule has 8 nitrogen and oxygen atoms in total. The number of amides is 3. The monoisotopic (exact) mass is 500 g/mol. The Hall–Kier alpha value is -3.66. The van der Waals surface area contributed by atoms with Crippen molar-refractivity contribution >= 4 is 23.3 Å². The van der Waals surface area contributed by atoms with E-state index in [9.17, 15) is 14.0 Å². The van der Waals surface area contributed by atoms with E-state index in [1.54, 1.807) is 37.4 Å². The summed E-state index contributed by atoms with van der Waals surface area (Å²) < 4.78 is 25.8. The number of ether oxygens (including phenoxy) is 2. The third kappa shape index (κ3) is 7.16. The summed E-state index contributed by atoms with van der Waals surface area (Å²) in [5, 5.41) is 7.44. The first-order valence-electron chi connectivity index (χ1n) is 11.2. The first-order valence-corrected chi connectivity index (χ1v) is 12.1. The number of thiazole rings is 1. The van der Waals surface area contributed by atoms with Crippen molar-refractivity contribution in [2.45, 2.75) is 26.3 Å². The maximum atomic E-state index is 13.3. The van der Waals surface area contributed by atoms with Gasteiger partial charge in [0.15, 0.2) is 4.80 Å². The molecule has 10 heteroatoms. The number of aromatic nitrogens is 1. The third-order valence-corrected chi connectivity index (χ3v) is 6.11. The Morgan fingerprint density at radius 2 is 1.86 bits per heavy atom. The molecular weight excluding hydrogens is 471 g/mol. The Morgan fingerprint density at radius 3 is 2.54 bits per heavy atom. The number of hydrogen-bond acceptors (Lipinski definition) is 5. The highest BCUT2D eigenvalue weighted by Crippen LogP contribution is 2.25. The van der Waals surface area contributed by atoms with Crippen LogP contribution in [0.3, 0.4) is 0 Å². The highest BCUT2D eigenvalue weighted by molar-refractivity contribution is 7.07. The van der Waals surface area contributed by atoms with Gasteiger partial charge in [-0.1, -0.05) is 12.1 Å². The zero-order chi connectivity index (χ0) is 25.2. The first-order chi connectivity index (χ1) is 16.9. The molecule has 2 aromatic carbocycles. The van der Waals surface area contributed by atoms with Crippen LogP contribution in [0.5, 0.6) is 11.5 Å². The lowest BCUT2D eigenvalue weighted by Gasteiger charge is -2.11. The number of carbonyl (C=O) groups excluding carboxylic acids is 2. The second-order valence-corrected chi connectivity index (χ2v) is 8.42. The van der Waals surface area contributed by atoms with E-state index in [2.05, 4.69) is 15.6 Å². The van der Waals surface area contributed by atoms with Crippen LogP contribution >= 0.6 is 11.3 Å². The van der Waals surface area contributed by atoms with Gasteiger partial charge in [-0.2, -0.15) is 4.99 Å². The summed E-state index contributed by atoms with van der Waals surface area (Å²) >= 11 is 1.35. The molecule has 3 amide bonds. The smallest absolute Gasteiger partial charge is 0.314 e. The van der Waals surface area contributed by atoms with Crippen LogP contribution in [0.1, 0.15) is 35.0 Å². The molecule has 0 saturated heterocycles. The minimum Gasteiger partial charge on any atom is -0.497 e. The van der Waals surface area contributed by atoms with Gasteiger partial charge in [0.25, 0.3) is 5.91 Å². The SMILES string of the molecule is CCNC(=O)NCCCn1c(Cc2ccc(F)cc2)cs/c1=N\C(=O)c1ccc(OC)cc1OC. The number of benzene rings is 2. The van der Waals surface area contributed by atoms with Crippen molar-refractivity contribution in [3.8, 4) is 11.5 Å². The van der Waals surface area contributed by atoms with Crippen molar-refractivity contribution in [1.82, 2.24) is 15.2 Å². The number of carbonyl (C=O) groups is 2. The van der Waals surface area contributed by atoms with Gasteiger partial charge in [-0.25, -0.2) is 9.18 Å². The number of urea groups is 1. The first kappa shape index (κ1) is 26.0. The summed E-state index contributed by atoms with van der Waals surface area (Å²) in [4.78, 5) is 29.6. The second kappa shape index (κ2) is 12.7. The molecule has 0 aliphatic rings. The van der Waals surface area contributed by atoms with Crippen molar-refractivity contribution < 1.29 is 23.5 Å². The predicted molar refractivity (Wildman–Crippen MR) is 133 cm³/mol. The lowest BCUT2D eigenvalue weighted by Crippen LogP contribution is -2.36. The van der Waals surface area contributed by atoms with Gasteiger partial charge in [0, 0.05) is 43.2 Å². The Labute approximate surface area is 207 Å². The van der Waals surface area contributed by atoms with Crippen LogP contribution in [0.15, 0.2) is 52.8 Å². The topological polar surface area (TPSA) is 94.0 Å². The molecule has 3 rings (SSSR count). The molecule has 0 aliphatic carbocycles. The standard InChI is InChI=1S/C25H29FN4O4S/c1-4-27-24(32)28-12-5-13-30-19(14-17-6-8-18(26)9-7-17)16-35-25(30)29-23(31)21-11-10-20(33-2)15-22(21)34-3/h6-11,15-16H,4-5,12-14H2,1-3H3,(H2,27,28,32)/b29-25-. The summed E-state index contributed by atoms with van der Waals surface area (Å²) in [7, 11) is 3.03. The lowest BCUT2D eigenvalue weighted by molar-refractivity contribution is 0.0994. The number of hydrogen-bond donors (Lipinski definition) is 2. The maximum absolute atomic E-state index is 13.3. The molecule has 0 spiro atoms. The zero-order valence-electron chi connectivity index (χ0n) is 20.0. The van der Waals surface area contributed by atoms with Gasteiger partial charge in [0.1, 0.15) is 17.3 Å². The van der Waals surface area contributed by atoms with Gasteiger partial charge < -0.3 is 24.7 Å². The number of nitrogens with one attached hydrogen (secondary N) is 2. The summed E-state index contributed by atoms with van der Waals surface area (Å²) in [6, 6.07) is 11.0. The molecule has 0 saturated carbocycles. The zero-order valence-corrected chi connectivity index (χ0v) is 20.8. The number of methoxy groups -OCH3 is 2. The van der Waals surface area contributed by atoms with E-state index in [1.807, 2.05) is 16.9 Å². The lowest BCUT2D eigenvalue weighted by atomic mass is 10.1. The van der Waals surface area contributed by atoms with E-state index in [-0.39, 0.29) is 11.8 Å². The van der Waals surface area contributed by atoms with Gasteiger partial charge in [0.05, 0.1) is 19.8 Å². The normalized spacial score (nSPS) is 11.3. The van der Waals surface area contributed by atoms with Crippen LogP contribution in [-0.2, 0) is 13.0 Å². The second-order valence-electron chi connectivity index (χ2n) is 7.59. The van der Waals surface area contributed by atoms with Gasteiger partial charge in [-0.3, -0.25) is 4.79 Å². The number of halogens is 1. The molecule has 0 fully saturated rings. The fourth-order valence-electron chi connectivity index (χ4n) is 3.43. The van der Waals surface area contributed by atoms with E-state index < -0.39 is 5.91 Å². The van der Waals surface area contributed by atoms with Crippen molar-refractivity contribution in [2.75, 3.05) is 27.3 Å². The quantitative estimate of drug-likeness (QED) is 0.415. The average molecular weight is 501 g/mol. The summed E-state index contributed by atoms with van der Waals surface area (Å²) in [5.41, 5.74) is 2.20. The molecule has 186 valence electrons. The Bertz CT molecular complexity index is 1220. The van der Waals surface area contributed by atoms with Crippen LogP contribution in [0, 0.1) is 5.82 Å². The van der Waals surface area contributed by atoms with Gasteiger partial charge in [-0.15, -0.1) is 11.3 Å². The fourth-order valence-corrected chi connectivity index (χ4v) is 4.35. The molecule has 2 N–H and O–H groups in total. The van der Waals surface area contributed by atoms with E-state index in [4.69, 9.17) is 9.47 Å². The molecular formula is C25H29FN4O4S. The van der Waals surface area contributed by atoms with Crippen LogP contribution in [-0.4, -0.2) is 43.8 Å². The van der Waals surface area contributed by atoms with Crippen molar-refractivity contribution in [1.29, 1.82) is 0 Å². The number of nitrogens with zero attached hydrogens (tertiary/aromatic N) is 2. The molecule has 3 aromatic rings. The van der Waals surface area contributed by atoms with Gasteiger partial charge in [0.2, 0.25) is 0 Å². The Morgan fingerprint density at radius 1 is 1.09 bits per heavy atom. The highest BCUT2D eigenvalue weighted by Gasteiger charge is 2.14. The maximum Gasteiger partial charge on any atom is 0.314 e. The number of rotatable bonds is 10. The van der Waals surface area contributed by atoms with Crippen molar-refractivity contribution in [2.24, 2.45) is 4.99 Å². The Kier molecular flexibility index (Phi) is 9.42. The Balaban J connectivity index is 1.88. The average Bonchev–Trinajstić information content (AvgIpc) is 3.23. The molecule has 1 heterocycles. The predicted octanol–water partition coefficient (Wildman–Crippen LogP) is 3.75. The summed E-state index contributed by atoms with van der Waals surface area (Å²) in [6.07, 6.45) is 1.19.